The number of ether oxygens (including phenoxy) is 2. The Balaban J connectivity index is 3.27. The summed E-state index contributed by atoms with van der Waals surface area (Å²) in [6.07, 6.45) is 22.1. The van der Waals surface area contributed by atoms with Gasteiger partial charge < -0.3 is 18.3 Å². The molecular weight excluding hydrogens is 799 g/mol. The van der Waals surface area contributed by atoms with E-state index in [0.717, 1.165) is 57.3 Å². The highest BCUT2D eigenvalue weighted by molar-refractivity contribution is 6.74. The molecule has 3 atom stereocenters. The van der Waals surface area contributed by atoms with Crippen molar-refractivity contribution in [2.45, 2.75) is 251 Å². The first-order chi connectivity index (χ1) is 28.8. The Morgan fingerprint density at radius 3 is 1.43 bits per heavy atom. The van der Waals surface area contributed by atoms with Crippen LogP contribution in [-0.4, -0.2) is 76.9 Å². The van der Waals surface area contributed by atoms with E-state index in [9.17, 15) is 14.8 Å². The predicted molar refractivity (Wildman–Crippen MR) is 259 cm³/mol. The van der Waals surface area contributed by atoms with Gasteiger partial charge in [0.1, 0.15) is 6.61 Å². The number of unbranched alkanes of at least 4 members (excludes halogenated alkanes) is 15. The van der Waals surface area contributed by atoms with E-state index in [4.69, 9.17) is 18.3 Å². The van der Waals surface area contributed by atoms with Crippen molar-refractivity contribution in [1.29, 1.82) is 0 Å². The fourth-order valence-corrected chi connectivity index (χ4v) is 9.98. The number of nitrogens with zero attached hydrogens (tertiary/aromatic N) is 1. The molecule has 0 heterocycles. The van der Waals surface area contributed by atoms with Crippen LogP contribution in [0.3, 0.4) is 0 Å². The molecule has 1 aromatic rings. The minimum atomic E-state index is -2.07. The molecule has 0 aliphatic rings. The average Bonchev–Trinajstić information content (AvgIpc) is 3.19. The first-order valence-electron chi connectivity index (χ1n) is 24.6. The van der Waals surface area contributed by atoms with Gasteiger partial charge in [-0.1, -0.05) is 188 Å². The van der Waals surface area contributed by atoms with Gasteiger partial charge in [-0.2, -0.15) is 5.26 Å². The summed E-state index contributed by atoms with van der Waals surface area (Å²) in [4.78, 5) is 31.8. The Morgan fingerprint density at radius 2 is 1.02 bits per heavy atom. The molecule has 0 bridgehead atoms. The second-order valence-corrected chi connectivity index (χ2v) is 30.3. The van der Waals surface area contributed by atoms with E-state index in [1.165, 1.54) is 89.9 Å². The molecule has 0 radical (unpaired) electrons. The molecular formula is C50H95NO8Si2. The second kappa shape index (κ2) is 31.2. The summed E-state index contributed by atoms with van der Waals surface area (Å²) in [6.45, 7) is 30.4. The lowest BCUT2D eigenvalue weighted by atomic mass is 10.0. The highest BCUT2D eigenvalue weighted by Gasteiger charge is 2.41. The van der Waals surface area contributed by atoms with E-state index in [-0.39, 0.29) is 35.3 Å². The van der Waals surface area contributed by atoms with E-state index in [2.05, 4.69) is 91.4 Å². The normalized spacial score (nSPS) is 14.2. The topological polar surface area (TPSA) is 104 Å². The van der Waals surface area contributed by atoms with Gasteiger partial charge in [0.25, 0.3) is 0 Å². The highest BCUT2D eigenvalue weighted by atomic mass is 28.4. The van der Waals surface area contributed by atoms with Gasteiger partial charge in [0, 0.05) is 13.1 Å². The largest absolute Gasteiger partial charge is 0.509 e. The van der Waals surface area contributed by atoms with Crippen molar-refractivity contribution in [2.24, 2.45) is 0 Å². The minimum absolute atomic E-state index is 0.0175. The summed E-state index contributed by atoms with van der Waals surface area (Å²) in [5.41, 5.74) is 0.803. The third kappa shape index (κ3) is 26.0. The lowest BCUT2D eigenvalue weighted by molar-refractivity contribution is -0.243. The predicted octanol–water partition coefficient (Wildman–Crippen LogP) is 15.0. The van der Waals surface area contributed by atoms with Gasteiger partial charge in [0.15, 0.2) is 16.6 Å². The number of carbonyl (C=O) groups excluding carboxylic acids is 2. The van der Waals surface area contributed by atoms with Gasteiger partial charge in [-0.05, 0) is 80.5 Å². The fraction of sp³-hybridized carbons (Fsp3) is 0.840. The molecule has 0 saturated carbocycles. The molecule has 11 heteroatoms. The summed E-state index contributed by atoms with van der Waals surface area (Å²) < 4.78 is 25.2. The van der Waals surface area contributed by atoms with Crippen LogP contribution in [0, 0.1) is 0 Å². The van der Waals surface area contributed by atoms with Gasteiger partial charge in [0.2, 0.25) is 6.10 Å². The third-order valence-corrected chi connectivity index (χ3v) is 22.3. The Labute approximate surface area is 377 Å². The van der Waals surface area contributed by atoms with Crippen molar-refractivity contribution >= 4 is 28.8 Å². The SMILES string of the molecule is CCCCCCCCCC[C@H](CN(CCCCC(OC(=O)OCc1ccccc1)C(=O)OO)C[C@@H](CCCCCCCCCC)O[Si](C)(C)C(C)(C)C)O[Si](C)(C)C(C)(C)C. The van der Waals surface area contributed by atoms with Crippen LogP contribution in [0.25, 0.3) is 0 Å². The van der Waals surface area contributed by atoms with Crippen LogP contribution in [0.4, 0.5) is 4.79 Å². The molecule has 356 valence electrons. The van der Waals surface area contributed by atoms with Gasteiger partial charge in [-0.15, -0.1) is 0 Å². The molecule has 0 amide bonds. The second-order valence-electron chi connectivity index (χ2n) is 20.8. The number of carbonyl (C=O) groups is 2. The first kappa shape index (κ1) is 57.3. The molecule has 0 aromatic heterocycles. The maximum Gasteiger partial charge on any atom is 0.509 e. The molecule has 1 aromatic carbocycles. The molecule has 1 N–H and O–H groups in total. The Morgan fingerprint density at radius 1 is 0.607 bits per heavy atom. The van der Waals surface area contributed by atoms with E-state index in [0.29, 0.717) is 6.42 Å². The zero-order valence-corrected chi connectivity index (χ0v) is 43.5. The van der Waals surface area contributed by atoms with E-state index >= 15 is 0 Å². The van der Waals surface area contributed by atoms with Crippen LogP contribution in [0.5, 0.6) is 0 Å². The highest BCUT2D eigenvalue weighted by Crippen LogP contribution is 2.39. The maximum atomic E-state index is 12.6. The average molecular weight is 894 g/mol. The van der Waals surface area contributed by atoms with Crippen LogP contribution < -0.4 is 0 Å². The number of benzene rings is 1. The summed E-state index contributed by atoms with van der Waals surface area (Å²) in [5.74, 6) is -1.00. The van der Waals surface area contributed by atoms with Gasteiger partial charge >= 0.3 is 12.1 Å². The number of hydrogen-bond acceptors (Lipinski definition) is 9. The quantitative estimate of drug-likeness (QED) is 0.0234. The molecule has 0 spiro atoms. The van der Waals surface area contributed by atoms with Crippen molar-refractivity contribution in [1.82, 2.24) is 4.90 Å². The lowest BCUT2D eigenvalue weighted by Gasteiger charge is -2.42. The molecule has 0 fully saturated rings. The Kier molecular flexibility index (Phi) is 29.3. The Bertz CT molecular complexity index is 1210. The maximum absolute atomic E-state index is 12.6. The van der Waals surface area contributed by atoms with Crippen molar-refractivity contribution in [3.63, 3.8) is 0 Å². The zero-order chi connectivity index (χ0) is 45.8. The summed E-state index contributed by atoms with van der Waals surface area (Å²) in [7, 11) is -4.14. The summed E-state index contributed by atoms with van der Waals surface area (Å²) in [6, 6.07) is 9.28. The van der Waals surface area contributed by atoms with Crippen LogP contribution >= 0.6 is 0 Å². The van der Waals surface area contributed by atoms with Crippen molar-refractivity contribution in [3.05, 3.63) is 35.9 Å². The molecule has 1 unspecified atom stereocenters. The number of hydrogen-bond donors (Lipinski definition) is 1. The van der Waals surface area contributed by atoms with E-state index in [1.54, 1.807) is 0 Å². The molecule has 0 aliphatic carbocycles. The molecule has 9 nitrogen and oxygen atoms in total. The van der Waals surface area contributed by atoms with E-state index < -0.39 is 34.9 Å². The van der Waals surface area contributed by atoms with Gasteiger partial charge in [-0.3, -0.25) is 9.79 Å². The standard InChI is InChI=1S/C50H95NO8Si2/c1-13-15-17-19-21-23-25-30-36-44(58-60(9,10)49(3,4)5)40-51(41-45(59-61(11,12)50(6,7)8)37-31-26-24-22-20-18-16-14-2)39-33-32-38-46(47(52)57-54)56-48(53)55-42-43-34-28-27-29-35-43/h27-29,34-35,44-46,54H,13-26,30-33,36-42H2,1-12H3/t44-,45-,46?/m1/s1. The summed E-state index contributed by atoms with van der Waals surface area (Å²) >= 11 is 0. The summed E-state index contributed by atoms with van der Waals surface area (Å²) in [5, 5.41) is 9.45. The molecule has 61 heavy (non-hydrogen) atoms. The molecule has 1 rings (SSSR count). The first-order valence-corrected chi connectivity index (χ1v) is 30.4. The van der Waals surface area contributed by atoms with Gasteiger partial charge in [0.05, 0.1) is 12.2 Å². The fourth-order valence-electron chi connectivity index (χ4n) is 7.22. The van der Waals surface area contributed by atoms with Crippen molar-refractivity contribution in [3.8, 4) is 0 Å². The van der Waals surface area contributed by atoms with Crippen LogP contribution in [-0.2, 0) is 34.6 Å². The minimum Gasteiger partial charge on any atom is -0.429 e. The molecule has 0 aliphatic heterocycles. The van der Waals surface area contributed by atoms with Crippen LogP contribution in [0.15, 0.2) is 30.3 Å². The van der Waals surface area contributed by atoms with Gasteiger partial charge in [-0.25, -0.2) is 9.59 Å². The van der Waals surface area contributed by atoms with E-state index in [1.807, 2.05) is 30.3 Å². The monoisotopic (exact) mass is 894 g/mol. The number of rotatable bonds is 35. The van der Waals surface area contributed by atoms with Crippen LogP contribution in [0.1, 0.15) is 196 Å². The molecule has 0 saturated heterocycles. The zero-order valence-electron chi connectivity index (χ0n) is 41.5. The smallest absolute Gasteiger partial charge is 0.429 e. The Hall–Kier alpha value is -1.77. The van der Waals surface area contributed by atoms with Crippen LogP contribution in [0.2, 0.25) is 36.3 Å². The lowest BCUT2D eigenvalue weighted by Crippen LogP contribution is -2.50. The van der Waals surface area contributed by atoms with Crippen molar-refractivity contribution in [2.75, 3.05) is 19.6 Å². The van der Waals surface area contributed by atoms with Crippen molar-refractivity contribution < 1.29 is 38.1 Å². The third-order valence-electron chi connectivity index (χ3n) is 13.2.